The van der Waals surface area contributed by atoms with E-state index in [1.807, 2.05) is 0 Å². The second-order valence-electron chi connectivity index (χ2n) is 5.27. The number of halogens is 2. The highest BCUT2D eigenvalue weighted by Gasteiger charge is 2.27. The molecule has 0 spiro atoms. The molecular weight excluding hydrogens is 306 g/mol. The second kappa shape index (κ2) is 6.41. The molecule has 1 aliphatic heterocycles. The molecule has 0 unspecified atom stereocenters. The van der Waals surface area contributed by atoms with Crippen LogP contribution >= 0.6 is 0 Å². The van der Waals surface area contributed by atoms with Crippen LogP contribution in [0.5, 0.6) is 0 Å². The van der Waals surface area contributed by atoms with Crippen LogP contribution in [0.1, 0.15) is 0 Å². The van der Waals surface area contributed by atoms with Crippen molar-refractivity contribution in [2.45, 2.75) is 6.04 Å². The highest BCUT2D eigenvalue weighted by molar-refractivity contribution is 5.60. The maximum atomic E-state index is 13.9. The molecule has 23 heavy (non-hydrogen) atoms. The van der Waals surface area contributed by atoms with E-state index in [1.165, 1.54) is 22.9 Å². The average Bonchev–Trinajstić information content (AvgIpc) is 2.58. The summed E-state index contributed by atoms with van der Waals surface area (Å²) in [4.78, 5) is 22.0. The summed E-state index contributed by atoms with van der Waals surface area (Å²) >= 11 is 0. The summed E-state index contributed by atoms with van der Waals surface area (Å²) in [6.45, 7) is 0.432. The Kier molecular flexibility index (Phi) is 4.33. The number of alkyl halides is 1. The number of rotatable bonds is 3. The Morgan fingerprint density at radius 3 is 3.04 bits per heavy atom. The first kappa shape index (κ1) is 15.5. The third-order valence-electron chi connectivity index (χ3n) is 3.82. The van der Waals surface area contributed by atoms with Gasteiger partial charge in [-0.15, -0.1) is 0 Å². The van der Waals surface area contributed by atoms with E-state index >= 15 is 0 Å². The first-order valence-corrected chi connectivity index (χ1v) is 7.20. The molecule has 3 rings (SSSR count). The first-order chi connectivity index (χ1) is 11.1. The molecule has 0 radical (unpaired) electrons. The summed E-state index contributed by atoms with van der Waals surface area (Å²) in [5.41, 5.74) is 0.0430. The molecule has 0 amide bonds. The van der Waals surface area contributed by atoms with Crippen LogP contribution in [0.25, 0.3) is 11.3 Å². The standard InChI is InChI=1S/C15H16F2N4O2/c1-20-14(22)6-13(11-2-3-18-8-12(11)17)19-15(20)21-4-5-23-9-10(21)7-16/h2-3,6,8,10H,4-5,7,9H2,1H3/t10-/m0/s1. The smallest absolute Gasteiger partial charge is 0.255 e. The molecule has 8 heteroatoms. The molecule has 3 heterocycles. The largest absolute Gasteiger partial charge is 0.377 e. The normalized spacial score (nSPS) is 18.2. The number of hydrogen-bond donors (Lipinski definition) is 0. The van der Waals surface area contributed by atoms with Crippen molar-refractivity contribution in [1.82, 2.24) is 14.5 Å². The van der Waals surface area contributed by atoms with Gasteiger partial charge in [0.25, 0.3) is 5.56 Å². The molecule has 122 valence electrons. The van der Waals surface area contributed by atoms with Gasteiger partial charge in [-0.25, -0.2) is 13.8 Å². The topological polar surface area (TPSA) is 60.2 Å². The van der Waals surface area contributed by atoms with Crippen molar-refractivity contribution in [2.75, 3.05) is 31.3 Å². The number of ether oxygens (including phenoxy) is 1. The third-order valence-corrected chi connectivity index (χ3v) is 3.82. The number of anilines is 1. The minimum absolute atomic E-state index is 0.184. The SMILES string of the molecule is Cn1c(N2CCOC[C@@H]2CF)nc(-c2ccncc2F)cc1=O. The van der Waals surface area contributed by atoms with Crippen molar-refractivity contribution >= 4 is 5.95 Å². The zero-order valence-corrected chi connectivity index (χ0v) is 12.6. The Morgan fingerprint density at radius 1 is 1.48 bits per heavy atom. The Hall–Kier alpha value is -2.35. The summed E-state index contributed by atoms with van der Waals surface area (Å²) in [7, 11) is 1.56. The summed E-state index contributed by atoms with van der Waals surface area (Å²) in [6, 6.07) is 2.19. The van der Waals surface area contributed by atoms with Crippen LogP contribution in [0.2, 0.25) is 0 Å². The van der Waals surface area contributed by atoms with Gasteiger partial charge >= 0.3 is 0 Å². The number of pyridine rings is 1. The van der Waals surface area contributed by atoms with Crippen molar-refractivity contribution in [2.24, 2.45) is 7.05 Å². The minimum atomic E-state index is -0.621. The van der Waals surface area contributed by atoms with E-state index in [9.17, 15) is 13.6 Å². The third kappa shape index (κ3) is 2.94. The Labute approximate surface area is 131 Å². The lowest BCUT2D eigenvalue weighted by Gasteiger charge is -2.35. The summed E-state index contributed by atoms with van der Waals surface area (Å²) in [5.74, 6) is -0.266. The lowest BCUT2D eigenvalue weighted by Crippen LogP contribution is -2.49. The zero-order valence-electron chi connectivity index (χ0n) is 12.6. The fourth-order valence-corrected chi connectivity index (χ4v) is 2.55. The lowest BCUT2D eigenvalue weighted by molar-refractivity contribution is 0.0846. The molecule has 1 atom stereocenters. The molecule has 0 aromatic carbocycles. The summed E-state index contributed by atoms with van der Waals surface area (Å²) < 4.78 is 33.7. The van der Waals surface area contributed by atoms with Gasteiger partial charge in [0.05, 0.1) is 31.1 Å². The van der Waals surface area contributed by atoms with Crippen molar-refractivity contribution in [3.05, 3.63) is 40.7 Å². The van der Waals surface area contributed by atoms with Gasteiger partial charge in [-0.3, -0.25) is 14.3 Å². The summed E-state index contributed by atoms with van der Waals surface area (Å²) in [5, 5.41) is 0. The van der Waals surface area contributed by atoms with Gasteiger partial charge in [0, 0.05) is 31.4 Å². The van der Waals surface area contributed by atoms with Gasteiger partial charge in [0.1, 0.15) is 6.67 Å². The van der Waals surface area contributed by atoms with Crippen LogP contribution in [-0.2, 0) is 11.8 Å². The van der Waals surface area contributed by atoms with Crippen LogP contribution in [0.4, 0.5) is 14.7 Å². The quantitative estimate of drug-likeness (QED) is 0.848. The van der Waals surface area contributed by atoms with Gasteiger partial charge in [-0.05, 0) is 6.07 Å². The molecule has 2 aromatic rings. The van der Waals surface area contributed by atoms with Crippen LogP contribution in [-0.4, -0.2) is 47.0 Å². The van der Waals surface area contributed by atoms with E-state index in [0.29, 0.717) is 19.1 Å². The molecule has 1 saturated heterocycles. The number of nitrogens with zero attached hydrogens (tertiary/aromatic N) is 4. The fourth-order valence-electron chi connectivity index (χ4n) is 2.55. The van der Waals surface area contributed by atoms with E-state index in [4.69, 9.17) is 4.74 Å². The van der Waals surface area contributed by atoms with Gasteiger partial charge in [0.2, 0.25) is 5.95 Å². The Bertz CT molecular complexity index is 765. The molecule has 0 bridgehead atoms. The van der Waals surface area contributed by atoms with Crippen molar-refractivity contribution in [3.8, 4) is 11.3 Å². The first-order valence-electron chi connectivity index (χ1n) is 7.20. The number of hydrogen-bond acceptors (Lipinski definition) is 5. The summed E-state index contributed by atoms with van der Waals surface area (Å²) in [6.07, 6.45) is 2.49. The van der Waals surface area contributed by atoms with E-state index in [0.717, 1.165) is 6.20 Å². The van der Waals surface area contributed by atoms with Crippen LogP contribution in [0.15, 0.2) is 29.3 Å². The maximum absolute atomic E-state index is 13.9. The predicted molar refractivity (Wildman–Crippen MR) is 80.6 cm³/mol. The molecule has 0 saturated carbocycles. The predicted octanol–water partition coefficient (Wildman–Crippen LogP) is 1.16. The van der Waals surface area contributed by atoms with E-state index in [2.05, 4.69) is 9.97 Å². The lowest BCUT2D eigenvalue weighted by atomic mass is 10.2. The molecule has 1 fully saturated rings. The van der Waals surface area contributed by atoms with Gasteiger partial charge in [0.15, 0.2) is 5.82 Å². The van der Waals surface area contributed by atoms with Crippen molar-refractivity contribution in [3.63, 3.8) is 0 Å². The van der Waals surface area contributed by atoms with E-state index in [-0.39, 0.29) is 23.4 Å². The highest BCUT2D eigenvalue weighted by atomic mass is 19.1. The molecule has 2 aromatic heterocycles. The molecule has 6 nitrogen and oxygen atoms in total. The Balaban J connectivity index is 2.11. The highest BCUT2D eigenvalue weighted by Crippen LogP contribution is 2.23. The monoisotopic (exact) mass is 322 g/mol. The zero-order chi connectivity index (χ0) is 16.4. The van der Waals surface area contributed by atoms with Crippen molar-refractivity contribution in [1.29, 1.82) is 0 Å². The van der Waals surface area contributed by atoms with Crippen molar-refractivity contribution < 1.29 is 13.5 Å². The molecule has 1 aliphatic rings. The average molecular weight is 322 g/mol. The second-order valence-corrected chi connectivity index (χ2v) is 5.27. The molecule has 0 N–H and O–H groups in total. The number of aromatic nitrogens is 3. The van der Waals surface area contributed by atoms with Gasteiger partial charge < -0.3 is 9.64 Å². The number of morpholine rings is 1. The van der Waals surface area contributed by atoms with Crippen LogP contribution in [0.3, 0.4) is 0 Å². The van der Waals surface area contributed by atoms with E-state index < -0.39 is 18.5 Å². The molecule has 0 aliphatic carbocycles. The Morgan fingerprint density at radius 2 is 2.30 bits per heavy atom. The van der Waals surface area contributed by atoms with Gasteiger partial charge in [-0.1, -0.05) is 0 Å². The fraction of sp³-hybridized carbons (Fsp3) is 0.400. The van der Waals surface area contributed by atoms with Crippen LogP contribution < -0.4 is 10.5 Å². The van der Waals surface area contributed by atoms with E-state index in [1.54, 1.807) is 11.9 Å². The maximum Gasteiger partial charge on any atom is 0.255 e. The minimum Gasteiger partial charge on any atom is -0.377 e. The molecular formula is C15H16F2N4O2. The van der Waals surface area contributed by atoms with Crippen LogP contribution in [0, 0.1) is 5.82 Å². The van der Waals surface area contributed by atoms with Gasteiger partial charge in [-0.2, -0.15) is 0 Å².